The SMILES string of the molecule is CC(N)C1(c2ccc(C3CCSC3)c(Cl)c2)CC1. The van der Waals surface area contributed by atoms with Crippen molar-refractivity contribution in [2.75, 3.05) is 11.5 Å². The summed E-state index contributed by atoms with van der Waals surface area (Å²) in [5.41, 5.74) is 9.03. The van der Waals surface area contributed by atoms with Crippen LogP contribution in [0.15, 0.2) is 18.2 Å². The second-order valence-corrected chi connectivity index (χ2v) is 7.30. The van der Waals surface area contributed by atoms with Crippen LogP contribution in [0.4, 0.5) is 0 Å². The van der Waals surface area contributed by atoms with E-state index < -0.39 is 0 Å². The topological polar surface area (TPSA) is 26.0 Å². The van der Waals surface area contributed by atoms with Gasteiger partial charge in [0, 0.05) is 22.2 Å². The molecule has 0 radical (unpaired) electrons. The Morgan fingerprint density at radius 1 is 1.44 bits per heavy atom. The van der Waals surface area contributed by atoms with Crippen molar-refractivity contribution in [3.8, 4) is 0 Å². The monoisotopic (exact) mass is 281 g/mol. The number of thioether (sulfide) groups is 1. The predicted molar refractivity (Wildman–Crippen MR) is 80.7 cm³/mol. The van der Waals surface area contributed by atoms with E-state index in [-0.39, 0.29) is 11.5 Å². The van der Waals surface area contributed by atoms with Crippen LogP contribution in [0.25, 0.3) is 0 Å². The largest absolute Gasteiger partial charge is 0.327 e. The average Bonchev–Trinajstić information content (AvgIpc) is 2.99. The molecule has 2 atom stereocenters. The van der Waals surface area contributed by atoms with Crippen molar-refractivity contribution in [2.45, 2.75) is 43.6 Å². The van der Waals surface area contributed by atoms with Gasteiger partial charge in [0.15, 0.2) is 0 Å². The molecule has 1 aliphatic carbocycles. The average molecular weight is 282 g/mol. The maximum absolute atomic E-state index is 6.50. The van der Waals surface area contributed by atoms with Crippen LogP contribution in [-0.2, 0) is 5.41 Å². The first-order valence-corrected chi connectivity index (χ1v) is 8.30. The van der Waals surface area contributed by atoms with Gasteiger partial charge < -0.3 is 5.73 Å². The van der Waals surface area contributed by atoms with E-state index >= 15 is 0 Å². The number of benzene rings is 1. The first-order chi connectivity index (χ1) is 8.63. The van der Waals surface area contributed by atoms with Crippen molar-refractivity contribution in [1.82, 2.24) is 0 Å². The van der Waals surface area contributed by atoms with Crippen LogP contribution in [0.1, 0.15) is 43.2 Å². The van der Waals surface area contributed by atoms with E-state index in [1.807, 2.05) is 11.8 Å². The van der Waals surface area contributed by atoms with E-state index in [0.29, 0.717) is 5.92 Å². The Kier molecular flexibility index (Phi) is 3.38. The van der Waals surface area contributed by atoms with Crippen molar-refractivity contribution in [3.63, 3.8) is 0 Å². The zero-order valence-electron chi connectivity index (χ0n) is 10.8. The highest BCUT2D eigenvalue weighted by molar-refractivity contribution is 7.99. The van der Waals surface area contributed by atoms with Crippen LogP contribution in [0.3, 0.4) is 0 Å². The van der Waals surface area contributed by atoms with Gasteiger partial charge in [-0.15, -0.1) is 0 Å². The third-order valence-corrected chi connectivity index (χ3v) is 6.09. The summed E-state index contributed by atoms with van der Waals surface area (Å²) in [5, 5.41) is 0.951. The molecule has 1 aromatic carbocycles. The number of rotatable bonds is 3. The molecule has 1 aromatic rings. The highest BCUT2D eigenvalue weighted by Crippen LogP contribution is 2.51. The standard InChI is InChI=1S/C15H20ClNS/c1-10(17)15(5-6-15)12-2-3-13(14(16)8-12)11-4-7-18-9-11/h2-3,8,10-11H,4-7,9,17H2,1H3. The zero-order valence-corrected chi connectivity index (χ0v) is 12.4. The summed E-state index contributed by atoms with van der Waals surface area (Å²) >= 11 is 8.53. The first-order valence-electron chi connectivity index (χ1n) is 6.77. The van der Waals surface area contributed by atoms with Crippen molar-refractivity contribution in [2.24, 2.45) is 5.73 Å². The minimum absolute atomic E-state index is 0.215. The molecule has 0 amide bonds. The van der Waals surface area contributed by atoms with Gasteiger partial charge in [-0.3, -0.25) is 0 Å². The molecule has 98 valence electrons. The van der Waals surface area contributed by atoms with Crippen molar-refractivity contribution >= 4 is 23.4 Å². The summed E-state index contributed by atoms with van der Waals surface area (Å²) in [5.74, 6) is 3.14. The summed E-state index contributed by atoms with van der Waals surface area (Å²) in [6, 6.07) is 6.91. The molecule has 0 aromatic heterocycles. The number of hydrogen-bond donors (Lipinski definition) is 1. The number of hydrogen-bond acceptors (Lipinski definition) is 2. The van der Waals surface area contributed by atoms with Gasteiger partial charge in [0.05, 0.1) is 0 Å². The lowest BCUT2D eigenvalue weighted by Gasteiger charge is -2.22. The molecule has 3 heteroatoms. The maximum atomic E-state index is 6.50. The van der Waals surface area contributed by atoms with Gasteiger partial charge in [-0.2, -0.15) is 11.8 Å². The lowest BCUT2D eigenvalue weighted by atomic mass is 9.87. The van der Waals surface area contributed by atoms with E-state index in [4.69, 9.17) is 17.3 Å². The van der Waals surface area contributed by atoms with E-state index in [0.717, 1.165) is 5.02 Å². The van der Waals surface area contributed by atoms with Crippen LogP contribution in [0, 0.1) is 0 Å². The number of halogens is 1. The molecule has 0 spiro atoms. The van der Waals surface area contributed by atoms with Crippen LogP contribution in [0.5, 0.6) is 0 Å². The zero-order chi connectivity index (χ0) is 12.8. The molecular formula is C15H20ClNS. The fraction of sp³-hybridized carbons (Fsp3) is 0.600. The maximum Gasteiger partial charge on any atom is 0.0444 e. The molecule has 2 unspecified atom stereocenters. The summed E-state index contributed by atoms with van der Waals surface area (Å²) in [6.45, 7) is 2.11. The fourth-order valence-electron chi connectivity index (χ4n) is 3.09. The molecule has 1 aliphatic heterocycles. The Morgan fingerprint density at radius 2 is 2.22 bits per heavy atom. The smallest absolute Gasteiger partial charge is 0.0444 e. The third kappa shape index (κ3) is 2.09. The lowest BCUT2D eigenvalue weighted by Crippen LogP contribution is -2.31. The van der Waals surface area contributed by atoms with Crippen LogP contribution in [-0.4, -0.2) is 17.5 Å². The van der Waals surface area contributed by atoms with E-state index in [1.54, 1.807) is 0 Å². The summed E-state index contributed by atoms with van der Waals surface area (Å²) < 4.78 is 0. The minimum Gasteiger partial charge on any atom is -0.327 e. The Bertz CT molecular complexity index is 448. The second-order valence-electron chi connectivity index (χ2n) is 5.74. The van der Waals surface area contributed by atoms with Gasteiger partial charge in [0.2, 0.25) is 0 Å². The van der Waals surface area contributed by atoms with Crippen LogP contribution >= 0.6 is 23.4 Å². The summed E-state index contributed by atoms with van der Waals surface area (Å²) in [7, 11) is 0. The summed E-state index contributed by atoms with van der Waals surface area (Å²) in [4.78, 5) is 0. The third-order valence-electron chi connectivity index (χ3n) is 4.61. The molecule has 2 N–H and O–H groups in total. The highest BCUT2D eigenvalue weighted by atomic mass is 35.5. The van der Waals surface area contributed by atoms with Gasteiger partial charge in [-0.25, -0.2) is 0 Å². The van der Waals surface area contributed by atoms with E-state index in [9.17, 15) is 0 Å². The van der Waals surface area contributed by atoms with Gasteiger partial charge in [-0.05, 0) is 55.1 Å². The molecule has 1 nitrogen and oxygen atoms in total. The van der Waals surface area contributed by atoms with Crippen LogP contribution < -0.4 is 5.73 Å². The second kappa shape index (κ2) is 4.73. The van der Waals surface area contributed by atoms with Crippen molar-refractivity contribution < 1.29 is 0 Å². The van der Waals surface area contributed by atoms with Gasteiger partial charge >= 0.3 is 0 Å². The molecule has 2 fully saturated rings. The summed E-state index contributed by atoms with van der Waals surface area (Å²) in [6.07, 6.45) is 3.68. The Balaban J connectivity index is 1.89. The number of nitrogens with two attached hydrogens (primary N) is 1. The molecule has 2 aliphatic rings. The molecule has 0 bridgehead atoms. The molecule has 1 saturated heterocycles. The highest BCUT2D eigenvalue weighted by Gasteiger charge is 2.47. The van der Waals surface area contributed by atoms with E-state index in [1.165, 1.54) is 41.9 Å². The Labute approximate surface area is 118 Å². The Hall–Kier alpha value is -0.180. The first kappa shape index (κ1) is 12.8. The van der Waals surface area contributed by atoms with Crippen molar-refractivity contribution in [3.05, 3.63) is 34.3 Å². The van der Waals surface area contributed by atoms with Gasteiger partial charge in [0.25, 0.3) is 0 Å². The minimum atomic E-state index is 0.215. The fourth-order valence-corrected chi connectivity index (χ4v) is 4.67. The quantitative estimate of drug-likeness (QED) is 0.908. The lowest BCUT2D eigenvalue weighted by molar-refractivity contribution is 0.556. The molecule has 18 heavy (non-hydrogen) atoms. The van der Waals surface area contributed by atoms with E-state index in [2.05, 4.69) is 25.1 Å². The predicted octanol–water partition coefficient (Wildman–Crippen LogP) is 3.94. The molecule has 3 rings (SSSR count). The van der Waals surface area contributed by atoms with Gasteiger partial charge in [-0.1, -0.05) is 23.7 Å². The molecule has 1 saturated carbocycles. The normalized spacial score (nSPS) is 27.2. The van der Waals surface area contributed by atoms with Crippen LogP contribution in [0.2, 0.25) is 5.02 Å². The Morgan fingerprint density at radius 3 is 2.72 bits per heavy atom. The van der Waals surface area contributed by atoms with Crippen molar-refractivity contribution in [1.29, 1.82) is 0 Å². The molecule has 1 heterocycles. The molecular weight excluding hydrogens is 262 g/mol. The van der Waals surface area contributed by atoms with Gasteiger partial charge in [0.1, 0.15) is 0 Å².